The monoisotopic (exact) mass is 381 g/mol. The van der Waals surface area contributed by atoms with E-state index >= 15 is 0 Å². The van der Waals surface area contributed by atoms with E-state index in [4.69, 9.17) is 22.1 Å². The molecule has 0 bridgehead atoms. The molecule has 0 aromatic heterocycles. The number of halogens is 1. The number of nitrogens with one attached hydrogen (secondary N) is 1. The number of likely N-dealkylation sites (tertiary alicyclic amines) is 1. The van der Waals surface area contributed by atoms with Gasteiger partial charge in [-0.15, -0.1) is 0 Å². The summed E-state index contributed by atoms with van der Waals surface area (Å²) < 4.78 is 5.11. The van der Waals surface area contributed by atoms with Crippen molar-refractivity contribution in [3.63, 3.8) is 0 Å². The molecule has 2 rings (SSSR count). The number of nitrogens with two attached hydrogens (primary N) is 1. The highest BCUT2D eigenvalue weighted by Crippen LogP contribution is 2.20. The Bertz CT molecular complexity index is 650. The molecule has 2 atom stereocenters. The van der Waals surface area contributed by atoms with Gasteiger partial charge in [-0.05, 0) is 43.9 Å². The summed E-state index contributed by atoms with van der Waals surface area (Å²) in [6, 6.07) is 5.44. The van der Waals surface area contributed by atoms with Gasteiger partial charge in [-0.3, -0.25) is 9.59 Å². The van der Waals surface area contributed by atoms with Crippen LogP contribution in [0.3, 0.4) is 0 Å². The number of rotatable bonds is 6. The first-order valence-corrected chi connectivity index (χ1v) is 9.01. The molecule has 7 nitrogen and oxygen atoms in total. The molecule has 0 radical (unpaired) electrons. The molecule has 0 aliphatic carbocycles. The van der Waals surface area contributed by atoms with Crippen molar-refractivity contribution in [2.24, 2.45) is 5.73 Å². The summed E-state index contributed by atoms with van der Waals surface area (Å²) >= 11 is 5.85. The summed E-state index contributed by atoms with van der Waals surface area (Å²) in [4.78, 5) is 37.3. The number of nitrogens with zero attached hydrogens (tertiary/aromatic N) is 1. The van der Waals surface area contributed by atoms with Gasteiger partial charge < -0.3 is 20.7 Å². The number of carbonyl (C=O) groups is 3. The van der Waals surface area contributed by atoms with Gasteiger partial charge >= 0.3 is 12.0 Å². The molecule has 1 heterocycles. The standard InChI is InChI=1S/C18H24ClN3O4/c1-12-4-2-3-9-22(12)16(23)11-26-17(24)10-15(21-18(20)25)13-5-7-14(19)8-6-13/h5-8,12,15H,2-4,9-11H2,1H3,(H3,20,21,25)/t12-,15-/m1/s1. The number of ether oxygens (including phenoxy) is 1. The lowest BCUT2D eigenvalue weighted by atomic mass is 10.0. The summed E-state index contributed by atoms with van der Waals surface area (Å²) in [7, 11) is 0. The zero-order chi connectivity index (χ0) is 19.1. The first-order valence-electron chi connectivity index (χ1n) is 8.63. The molecular formula is C18H24ClN3O4. The molecule has 0 spiro atoms. The molecule has 26 heavy (non-hydrogen) atoms. The maximum Gasteiger partial charge on any atom is 0.312 e. The predicted octanol–water partition coefficient (Wildman–Crippen LogP) is 2.38. The van der Waals surface area contributed by atoms with Crippen LogP contribution in [0.15, 0.2) is 24.3 Å². The van der Waals surface area contributed by atoms with E-state index < -0.39 is 18.0 Å². The highest BCUT2D eigenvalue weighted by molar-refractivity contribution is 6.30. The lowest BCUT2D eigenvalue weighted by molar-refractivity contribution is -0.153. The Hall–Kier alpha value is -2.28. The van der Waals surface area contributed by atoms with E-state index in [1.54, 1.807) is 29.2 Å². The van der Waals surface area contributed by atoms with Gasteiger partial charge in [0.2, 0.25) is 0 Å². The van der Waals surface area contributed by atoms with E-state index in [0.29, 0.717) is 17.1 Å². The van der Waals surface area contributed by atoms with E-state index in [2.05, 4.69) is 5.32 Å². The largest absolute Gasteiger partial charge is 0.455 e. The number of amides is 3. The second kappa shape index (κ2) is 9.43. The highest BCUT2D eigenvalue weighted by Gasteiger charge is 2.25. The molecule has 1 aromatic carbocycles. The van der Waals surface area contributed by atoms with Crippen LogP contribution in [0.1, 0.15) is 44.2 Å². The third kappa shape index (κ3) is 5.91. The Balaban J connectivity index is 1.91. The van der Waals surface area contributed by atoms with Gasteiger partial charge in [0.05, 0.1) is 12.5 Å². The molecule has 3 N–H and O–H groups in total. The number of benzene rings is 1. The van der Waals surface area contributed by atoms with Crippen molar-refractivity contribution in [3.05, 3.63) is 34.9 Å². The van der Waals surface area contributed by atoms with Gasteiger partial charge in [-0.2, -0.15) is 0 Å². The smallest absolute Gasteiger partial charge is 0.312 e. The number of esters is 1. The summed E-state index contributed by atoms with van der Waals surface area (Å²) in [5.74, 6) is -0.784. The third-order valence-electron chi connectivity index (χ3n) is 4.44. The minimum absolute atomic E-state index is 0.132. The Labute approximate surface area is 157 Å². The molecule has 142 valence electrons. The number of piperidine rings is 1. The van der Waals surface area contributed by atoms with Crippen molar-refractivity contribution in [1.82, 2.24) is 10.2 Å². The Morgan fingerprint density at radius 1 is 1.31 bits per heavy atom. The lowest BCUT2D eigenvalue weighted by Gasteiger charge is -2.33. The Morgan fingerprint density at radius 2 is 2.00 bits per heavy atom. The van der Waals surface area contributed by atoms with Gasteiger partial charge in [-0.1, -0.05) is 23.7 Å². The minimum atomic E-state index is -0.754. The van der Waals surface area contributed by atoms with E-state index in [1.165, 1.54) is 0 Å². The fraction of sp³-hybridized carbons (Fsp3) is 0.500. The van der Waals surface area contributed by atoms with Crippen LogP contribution in [0.5, 0.6) is 0 Å². The number of hydrogen-bond acceptors (Lipinski definition) is 4. The first kappa shape index (κ1) is 20.0. The van der Waals surface area contributed by atoms with Crippen LogP contribution >= 0.6 is 11.6 Å². The van der Waals surface area contributed by atoms with Crippen molar-refractivity contribution in [1.29, 1.82) is 0 Å². The normalized spacial score (nSPS) is 18.1. The quantitative estimate of drug-likeness (QED) is 0.738. The summed E-state index contributed by atoms with van der Waals surface area (Å²) in [5.41, 5.74) is 5.85. The topological polar surface area (TPSA) is 102 Å². The summed E-state index contributed by atoms with van der Waals surface area (Å²) in [6.45, 7) is 2.38. The zero-order valence-electron chi connectivity index (χ0n) is 14.7. The van der Waals surface area contributed by atoms with E-state index in [1.807, 2.05) is 6.92 Å². The van der Waals surface area contributed by atoms with Crippen LogP contribution in [0.4, 0.5) is 4.79 Å². The molecule has 0 unspecified atom stereocenters. The van der Waals surface area contributed by atoms with Crippen molar-refractivity contribution in [2.75, 3.05) is 13.2 Å². The maximum atomic E-state index is 12.2. The summed E-state index contributed by atoms with van der Waals surface area (Å²) in [5, 5.41) is 3.04. The highest BCUT2D eigenvalue weighted by atomic mass is 35.5. The lowest BCUT2D eigenvalue weighted by Crippen LogP contribution is -2.44. The van der Waals surface area contributed by atoms with Gasteiger partial charge in [0.25, 0.3) is 5.91 Å². The maximum absolute atomic E-state index is 12.2. The molecule has 3 amide bonds. The second-order valence-electron chi connectivity index (χ2n) is 6.41. The SMILES string of the molecule is C[C@@H]1CCCCN1C(=O)COC(=O)C[C@@H](NC(N)=O)c1ccc(Cl)cc1. The molecule has 1 fully saturated rings. The molecule has 8 heteroatoms. The fourth-order valence-corrected chi connectivity index (χ4v) is 3.16. The van der Waals surface area contributed by atoms with Gasteiger partial charge in [0.1, 0.15) is 0 Å². The van der Waals surface area contributed by atoms with Crippen molar-refractivity contribution >= 4 is 29.5 Å². The predicted molar refractivity (Wildman–Crippen MR) is 97.5 cm³/mol. The van der Waals surface area contributed by atoms with E-state index in [0.717, 1.165) is 19.3 Å². The van der Waals surface area contributed by atoms with E-state index in [-0.39, 0.29) is 25.0 Å². The van der Waals surface area contributed by atoms with Crippen LogP contribution in [0, 0.1) is 0 Å². The molecule has 1 saturated heterocycles. The van der Waals surface area contributed by atoms with Gasteiger partial charge in [0.15, 0.2) is 6.61 Å². The van der Waals surface area contributed by atoms with E-state index in [9.17, 15) is 14.4 Å². The number of carbonyl (C=O) groups excluding carboxylic acids is 3. The average Bonchev–Trinajstić information content (AvgIpc) is 2.60. The Kier molecular flexibility index (Phi) is 7.26. The van der Waals surface area contributed by atoms with Gasteiger partial charge in [-0.25, -0.2) is 4.79 Å². The van der Waals surface area contributed by atoms with Crippen LogP contribution < -0.4 is 11.1 Å². The van der Waals surface area contributed by atoms with Crippen molar-refractivity contribution < 1.29 is 19.1 Å². The molecule has 0 saturated carbocycles. The molecule has 1 aliphatic rings. The van der Waals surface area contributed by atoms with Crippen LogP contribution in [0.25, 0.3) is 0 Å². The third-order valence-corrected chi connectivity index (χ3v) is 4.69. The summed E-state index contributed by atoms with van der Waals surface area (Å²) in [6.07, 6.45) is 2.89. The number of urea groups is 1. The van der Waals surface area contributed by atoms with Crippen LogP contribution in [-0.4, -0.2) is 42.0 Å². The molecular weight excluding hydrogens is 358 g/mol. The minimum Gasteiger partial charge on any atom is -0.455 e. The van der Waals surface area contributed by atoms with Crippen LogP contribution in [0.2, 0.25) is 5.02 Å². The zero-order valence-corrected chi connectivity index (χ0v) is 15.5. The van der Waals surface area contributed by atoms with Crippen molar-refractivity contribution in [2.45, 2.75) is 44.7 Å². The molecule has 1 aliphatic heterocycles. The molecule has 1 aromatic rings. The van der Waals surface area contributed by atoms with Crippen molar-refractivity contribution in [3.8, 4) is 0 Å². The number of primary amides is 1. The van der Waals surface area contributed by atoms with Gasteiger partial charge in [0, 0.05) is 17.6 Å². The second-order valence-corrected chi connectivity index (χ2v) is 6.85. The van der Waals surface area contributed by atoms with Crippen LogP contribution in [-0.2, 0) is 14.3 Å². The fourth-order valence-electron chi connectivity index (χ4n) is 3.04. The number of hydrogen-bond donors (Lipinski definition) is 2. The Morgan fingerprint density at radius 3 is 2.62 bits per heavy atom. The first-order chi connectivity index (χ1) is 12.4. The average molecular weight is 382 g/mol.